The molecule has 3 aromatic rings. The Morgan fingerprint density at radius 3 is 2.29 bits per heavy atom. The topological polar surface area (TPSA) is 78.5 Å². The van der Waals surface area contributed by atoms with Gasteiger partial charge >= 0.3 is 0 Å². The van der Waals surface area contributed by atoms with Gasteiger partial charge in [0, 0.05) is 22.0 Å². The summed E-state index contributed by atoms with van der Waals surface area (Å²) >= 11 is 12.1. The van der Waals surface area contributed by atoms with Gasteiger partial charge in [-0.05, 0) is 73.0 Å². The summed E-state index contributed by atoms with van der Waals surface area (Å²) in [6.07, 6.45) is 3.09. The minimum absolute atomic E-state index is 0.0398. The summed E-state index contributed by atoms with van der Waals surface area (Å²) in [5.74, 6) is -1.50. The molecule has 1 aliphatic heterocycles. The number of nitrogens with one attached hydrogen (secondary N) is 2. The van der Waals surface area contributed by atoms with Crippen molar-refractivity contribution in [3.8, 4) is 0 Å². The van der Waals surface area contributed by atoms with Crippen molar-refractivity contribution in [2.45, 2.75) is 26.2 Å². The second-order valence-corrected chi connectivity index (χ2v) is 8.89. The third kappa shape index (κ3) is 5.56. The highest BCUT2D eigenvalue weighted by Crippen LogP contribution is 2.30. The lowest BCUT2D eigenvalue weighted by molar-refractivity contribution is -0.120. The Morgan fingerprint density at radius 2 is 1.60 bits per heavy atom. The minimum Gasteiger partial charge on any atom is -0.350 e. The molecule has 3 aromatic carbocycles. The molecule has 2 N–H and O–H groups in total. The van der Waals surface area contributed by atoms with Crippen LogP contribution in [0.5, 0.6) is 0 Å². The summed E-state index contributed by atoms with van der Waals surface area (Å²) < 4.78 is 0. The zero-order valence-electron chi connectivity index (χ0n) is 19.0. The smallest absolute Gasteiger partial charge is 0.283 e. The van der Waals surface area contributed by atoms with E-state index in [1.807, 2.05) is 12.1 Å². The zero-order chi connectivity index (χ0) is 24.9. The predicted octanol–water partition coefficient (Wildman–Crippen LogP) is 6.37. The summed E-state index contributed by atoms with van der Waals surface area (Å²) in [6.45, 7) is 2.12. The molecule has 35 heavy (non-hydrogen) atoms. The molecule has 0 aromatic heterocycles. The predicted molar refractivity (Wildman–Crippen MR) is 140 cm³/mol. The molecular formula is C27H23Cl2N3O3. The highest BCUT2D eigenvalue weighted by atomic mass is 35.5. The number of rotatable bonds is 8. The lowest BCUT2D eigenvalue weighted by Crippen LogP contribution is -2.32. The van der Waals surface area contributed by atoms with Crippen LogP contribution in [0.25, 0.3) is 0 Å². The highest BCUT2D eigenvalue weighted by Gasteiger charge is 2.39. The van der Waals surface area contributed by atoms with E-state index in [0.717, 1.165) is 29.7 Å². The molecule has 6 nitrogen and oxygen atoms in total. The molecule has 0 saturated carbocycles. The van der Waals surface area contributed by atoms with Gasteiger partial charge in [0.1, 0.15) is 10.7 Å². The largest absolute Gasteiger partial charge is 0.350 e. The second-order valence-electron chi connectivity index (χ2n) is 8.07. The van der Waals surface area contributed by atoms with Crippen LogP contribution in [0.1, 0.15) is 35.7 Å². The lowest BCUT2D eigenvalue weighted by Gasteiger charge is -2.16. The maximum atomic E-state index is 13.1. The number of imide groups is 1. The van der Waals surface area contributed by atoms with Crippen molar-refractivity contribution in [1.29, 1.82) is 0 Å². The molecule has 8 heteroatoms. The first kappa shape index (κ1) is 24.5. The standard InChI is InChI=1S/C27H23Cl2N3O3/c1-2-3-5-17-8-14-22(15-9-17)32-26(34)23(29)24(27(32)35)30-21-7-4-6-18(16-21)25(33)31-20-12-10-19(28)11-13-20/h4,6-16,30H,2-3,5H2,1H3,(H,31,33). The van der Waals surface area contributed by atoms with Crippen molar-refractivity contribution in [1.82, 2.24) is 0 Å². The number of amides is 3. The number of anilines is 3. The fourth-order valence-corrected chi connectivity index (χ4v) is 4.00. The van der Waals surface area contributed by atoms with Crippen LogP contribution in [0, 0.1) is 0 Å². The Hall–Kier alpha value is -3.61. The van der Waals surface area contributed by atoms with E-state index in [-0.39, 0.29) is 16.6 Å². The van der Waals surface area contributed by atoms with Crippen molar-refractivity contribution in [2.75, 3.05) is 15.5 Å². The van der Waals surface area contributed by atoms with Gasteiger partial charge in [-0.3, -0.25) is 14.4 Å². The van der Waals surface area contributed by atoms with E-state index >= 15 is 0 Å². The zero-order valence-corrected chi connectivity index (χ0v) is 20.5. The number of unbranched alkanes of at least 4 members (excludes halogenated alkanes) is 1. The second kappa shape index (κ2) is 10.8. The van der Waals surface area contributed by atoms with Crippen molar-refractivity contribution in [3.63, 3.8) is 0 Å². The van der Waals surface area contributed by atoms with E-state index in [1.165, 1.54) is 0 Å². The SMILES string of the molecule is CCCCc1ccc(N2C(=O)C(Cl)=C(Nc3cccc(C(=O)Nc4ccc(Cl)cc4)c3)C2=O)cc1. The normalized spacial score (nSPS) is 13.4. The molecule has 0 atom stereocenters. The van der Waals surface area contributed by atoms with E-state index in [4.69, 9.17) is 23.2 Å². The van der Waals surface area contributed by atoms with Crippen LogP contribution in [0.4, 0.5) is 17.1 Å². The molecule has 0 aliphatic carbocycles. The molecule has 0 unspecified atom stereocenters. The van der Waals surface area contributed by atoms with Crippen LogP contribution in [0.3, 0.4) is 0 Å². The number of aryl methyl sites for hydroxylation is 1. The third-order valence-electron chi connectivity index (χ3n) is 5.54. The number of nitrogens with zero attached hydrogens (tertiary/aromatic N) is 1. The first-order valence-electron chi connectivity index (χ1n) is 11.2. The molecule has 0 spiro atoms. The molecule has 0 fully saturated rings. The summed E-state index contributed by atoms with van der Waals surface area (Å²) in [7, 11) is 0. The first-order chi connectivity index (χ1) is 16.9. The molecule has 1 aliphatic rings. The van der Waals surface area contributed by atoms with Crippen LogP contribution < -0.4 is 15.5 Å². The average Bonchev–Trinajstić information content (AvgIpc) is 3.07. The van der Waals surface area contributed by atoms with E-state index in [0.29, 0.717) is 27.6 Å². The van der Waals surface area contributed by atoms with Gasteiger partial charge in [0.25, 0.3) is 17.7 Å². The summed E-state index contributed by atoms with van der Waals surface area (Å²) in [6, 6.07) is 20.6. The van der Waals surface area contributed by atoms with Crippen molar-refractivity contribution >= 4 is 58.0 Å². The molecule has 0 radical (unpaired) electrons. The number of hydrogen-bond acceptors (Lipinski definition) is 4. The van der Waals surface area contributed by atoms with Gasteiger partial charge in [-0.15, -0.1) is 0 Å². The van der Waals surface area contributed by atoms with Crippen LogP contribution in [-0.4, -0.2) is 17.7 Å². The number of hydrogen-bond donors (Lipinski definition) is 2. The molecule has 4 rings (SSSR count). The molecule has 3 amide bonds. The summed E-state index contributed by atoms with van der Waals surface area (Å²) in [5.41, 5.74) is 2.95. The Morgan fingerprint density at radius 1 is 0.886 bits per heavy atom. The van der Waals surface area contributed by atoms with Crippen molar-refractivity contribution < 1.29 is 14.4 Å². The molecular weight excluding hydrogens is 485 g/mol. The van der Waals surface area contributed by atoms with E-state index in [9.17, 15) is 14.4 Å². The van der Waals surface area contributed by atoms with Gasteiger partial charge in [-0.1, -0.05) is 54.7 Å². The quantitative estimate of drug-likeness (QED) is 0.347. The summed E-state index contributed by atoms with van der Waals surface area (Å²) in [5, 5.41) is 6.06. The Bertz CT molecular complexity index is 1300. The van der Waals surface area contributed by atoms with Gasteiger partial charge in [0.2, 0.25) is 0 Å². The molecule has 1 heterocycles. The van der Waals surface area contributed by atoms with E-state index in [2.05, 4.69) is 17.6 Å². The summed E-state index contributed by atoms with van der Waals surface area (Å²) in [4.78, 5) is 39.6. The Balaban J connectivity index is 1.49. The van der Waals surface area contributed by atoms with Crippen LogP contribution in [0.15, 0.2) is 83.5 Å². The van der Waals surface area contributed by atoms with Crippen LogP contribution >= 0.6 is 23.2 Å². The van der Waals surface area contributed by atoms with Crippen LogP contribution in [0.2, 0.25) is 5.02 Å². The van der Waals surface area contributed by atoms with Gasteiger partial charge in [0.15, 0.2) is 0 Å². The number of benzene rings is 3. The molecule has 0 saturated heterocycles. The van der Waals surface area contributed by atoms with Gasteiger partial charge in [-0.2, -0.15) is 0 Å². The first-order valence-corrected chi connectivity index (χ1v) is 11.9. The van der Waals surface area contributed by atoms with Gasteiger partial charge in [0.05, 0.1) is 5.69 Å². The highest BCUT2D eigenvalue weighted by molar-refractivity contribution is 6.53. The van der Waals surface area contributed by atoms with E-state index < -0.39 is 11.8 Å². The van der Waals surface area contributed by atoms with Crippen molar-refractivity contribution in [3.05, 3.63) is 99.7 Å². The monoisotopic (exact) mass is 507 g/mol. The van der Waals surface area contributed by atoms with E-state index in [1.54, 1.807) is 60.7 Å². The van der Waals surface area contributed by atoms with Gasteiger partial charge < -0.3 is 10.6 Å². The third-order valence-corrected chi connectivity index (χ3v) is 6.14. The fourth-order valence-electron chi connectivity index (χ4n) is 3.66. The average molecular weight is 508 g/mol. The number of carbonyl (C=O) groups excluding carboxylic acids is 3. The van der Waals surface area contributed by atoms with Crippen LogP contribution in [-0.2, 0) is 16.0 Å². The molecule has 178 valence electrons. The fraction of sp³-hybridized carbons (Fsp3) is 0.148. The number of carbonyl (C=O) groups is 3. The number of halogens is 2. The Kier molecular flexibility index (Phi) is 7.54. The van der Waals surface area contributed by atoms with Crippen molar-refractivity contribution in [2.24, 2.45) is 0 Å². The molecule has 0 bridgehead atoms. The van der Waals surface area contributed by atoms with Gasteiger partial charge in [-0.25, -0.2) is 4.90 Å². The maximum absolute atomic E-state index is 13.1. The maximum Gasteiger partial charge on any atom is 0.283 e. The lowest BCUT2D eigenvalue weighted by atomic mass is 10.1. The Labute approximate surface area is 213 Å². The minimum atomic E-state index is -0.600.